The molecule has 0 spiro atoms. The highest BCUT2D eigenvalue weighted by atomic mass is 31.1. The maximum Gasteiger partial charge on any atom is 0.153 e. The van der Waals surface area contributed by atoms with E-state index in [0.717, 1.165) is 46.8 Å². The van der Waals surface area contributed by atoms with Gasteiger partial charge >= 0.3 is 0 Å². The molecule has 2 aliphatic carbocycles. The molecule has 0 aliphatic heterocycles. The average Bonchev–Trinajstić information content (AvgIpc) is 3.48. The Hall–Kier alpha value is -4.43. The van der Waals surface area contributed by atoms with Gasteiger partial charge in [0.05, 0.1) is 17.2 Å². The summed E-state index contributed by atoms with van der Waals surface area (Å²) in [5.41, 5.74) is 8.06. The highest BCUT2D eigenvalue weighted by Gasteiger charge is 2.32. The summed E-state index contributed by atoms with van der Waals surface area (Å²) in [6.45, 7) is 4.43. The van der Waals surface area contributed by atoms with E-state index in [1.165, 1.54) is 27.3 Å². The van der Waals surface area contributed by atoms with E-state index in [1.54, 1.807) is 0 Å². The Labute approximate surface area is 236 Å². The van der Waals surface area contributed by atoms with Crippen molar-refractivity contribution in [1.29, 1.82) is 10.5 Å². The average molecular weight is 537 g/mol. The van der Waals surface area contributed by atoms with E-state index in [2.05, 4.69) is 92.8 Å². The monoisotopic (exact) mass is 536 g/mol. The fraction of sp³-hybridized carbons (Fsp3) is 0.167. The molecule has 0 radical (unpaired) electrons. The first kappa shape index (κ1) is 25.8. The normalized spacial score (nSPS) is 16.1. The minimum absolute atomic E-state index is 0.225. The van der Waals surface area contributed by atoms with Crippen LogP contribution in [0.3, 0.4) is 0 Å². The Balaban J connectivity index is 1.56. The summed E-state index contributed by atoms with van der Waals surface area (Å²) in [6, 6.07) is 23.6. The zero-order valence-corrected chi connectivity index (χ0v) is 23.6. The Morgan fingerprint density at radius 3 is 2.50 bits per heavy atom. The zero-order chi connectivity index (χ0) is 27.6. The number of allylic oxidation sites excluding steroid dienone is 10. The van der Waals surface area contributed by atoms with Gasteiger partial charge < -0.3 is 4.42 Å². The molecule has 0 N–H and O–H groups in total. The lowest BCUT2D eigenvalue weighted by Crippen LogP contribution is -2.22. The van der Waals surface area contributed by atoms with Crippen molar-refractivity contribution in [2.75, 3.05) is 0 Å². The van der Waals surface area contributed by atoms with E-state index in [4.69, 9.17) is 4.42 Å². The molecule has 2 aliphatic rings. The van der Waals surface area contributed by atoms with Gasteiger partial charge in [0.1, 0.15) is 11.7 Å². The summed E-state index contributed by atoms with van der Waals surface area (Å²) in [5.74, 6) is 0. The minimum Gasteiger partial charge on any atom is -0.454 e. The highest BCUT2D eigenvalue weighted by Crippen LogP contribution is 2.48. The van der Waals surface area contributed by atoms with Crippen LogP contribution < -0.4 is 10.6 Å². The molecule has 4 heteroatoms. The molecule has 0 bridgehead atoms. The van der Waals surface area contributed by atoms with Crippen LogP contribution in [-0.4, -0.2) is 5.66 Å². The Morgan fingerprint density at radius 1 is 0.925 bits per heavy atom. The number of nitriles is 2. The summed E-state index contributed by atoms with van der Waals surface area (Å²) >= 11 is 0. The molecular formula is C36H29N2OP. The lowest BCUT2D eigenvalue weighted by atomic mass is 10.0. The van der Waals surface area contributed by atoms with Gasteiger partial charge in [-0.25, -0.2) is 0 Å². The van der Waals surface area contributed by atoms with Gasteiger partial charge in [-0.2, -0.15) is 10.5 Å². The fourth-order valence-electron chi connectivity index (χ4n) is 5.94. The van der Waals surface area contributed by atoms with E-state index in [9.17, 15) is 10.5 Å². The van der Waals surface area contributed by atoms with Crippen LogP contribution in [0.2, 0.25) is 0 Å². The number of benzene rings is 3. The van der Waals surface area contributed by atoms with E-state index in [0.29, 0.717) is 11.1 Å². The van der Waals surface area contributed by atoms with Crippen LogP contribution in [0.25, 0.3) is 27.5 Å². The molecule has 0 saturated carbocycles. The number of hydrogen-bond acceptors (Lipinski definition) is 3. The molecular weight excluding hydrogens is 507 g/mol. The molecule has 3 aromatic carbocycles. The van der Waals surface area contributed by atoms with Crippen LogP contribution in [0.15, 0.2) is 113 Å². The van der Waals surface area contributed by atoms with E-state index >= 15 is 0 Å². The number of rotatable bonds is 6. The number of hydrogen-bond donors (Lipinski definition) is 0. The second kappa shape index (κ2) is 11.0. The maximum atomic E-state index is 9.92. The Kier molecular flexibility index (Phi) is 7.09. The first-order chi connectivity index (χ1) is 19.7. The number of para-hydroxylation sites is 2. The fourth-order valence-corrected chi connectivity index (χ4v) is 8.72. The van der Waals surface area contributed by atoms with Gasteiger partial charge in [0.25, 0.3) is 0 Å². The molecule has 40 heavy (non-hydrogen) atoms. The molecule has 6 rings (SSSR count). The molecule has 194 valence electrons. The second-order valence-corrected chi connectivity index (χ2v) is 12.7. The predicted octanol–water partition coefficient (Wildman–Crippen LogP) is 8.52. The summed E-state index contributed by atoms with van der Waals surface area (Å²) in [7, 11) is -0.884. The standard InChI is InChI=1S/C36H29N2OP/c1-3-4-5-6-12-24(2)40(34-20-11-18-30-29-17-9-14-26(23-38)35(29)39-36(30)34)33-19-10-16-28-27-15-8-7-13-25(22-37)31(27)21-32(28)33/h4-14,16-20,24H,3,15,21H2,1-2H3/b5-4-,12-6-. The Bertz CT molecular complexity index is 1880. The minimum atomic E-state index is -0.884. The van der Waals surface area contributed by atoms with Crippen LogP contribution >= 0.6 is 7.92 Å². The smallest absolute Gasteiger partial charge is 0.153 e. The van der Waals surface area contributed by atoms with Crippen LogP contribution in [0, 0.1) is 22.7 Å². The SMILES string of the molecule is CC/C=C\C=C/C(C)P(c1cccc2c1CC1=C2CC=CC=C1C#N)c1cccc2c1oc1c(C#N)cccc12. The van der Waals surface area contributed by atoms with E-state index in [-0.39, 0.29) is 5.66 Å². The first-order valence-electron chi connectivity index (χ1n) is 13.7. The molecule has 1 heterocycles. The van der Waals surface area contributed by atoms with Gasteiger partial charge in [0.15, 0.2) is 5.58 Å². The van der Waals surface area contributed by atoms with Crippen molar-refractivity contribution >= 4 is 46.0 Å². The van der Waals surface area contributed by atoms with E-state index in [1.807, 2.05) is 30.4 Å². The molecule has 1 aromatic heterocycles. The molecule has 2 atom stereocenters. The van der Waals surface area contributed by atoms with Gasteiger partial charge in [-0.15, -0.1) is 0 Å². The van der Waals surface area contributed by atoms with Crippen molar-refractivity contribution in [3.8, 4) is 12.1 Å². The van der Waals surface area contributed by atoms with Crippen molar-refractivity contribution in [3.05, 3.63) is 125 Å². The summed E-state index contributed by atoms with van der Waals surface area (Å²) in [6.07, 6.45) is 17.5. The number of nitrogens with zero attached hydrogens (tertiary/aromatic N) is 2. The quantitative estimate of drug-likeness (QED) is 0.183. The molecule has 2 unspecified atom stereocenters. The highest BCUT2D eigenvalue weighted by molar-refractivity contribution is 7.74. The zero-order valence-electron chi connectivity index (χ0n) is 22.7. The number of fused-ring (bicyclic) bond motifs is 5. The van der Waals surface area contributed by atoms with Crippen LogP contribution in [0.1, 0.15) is 43.4 Å². The Morgan fingerprint density at radius 2 is 1.70 bits per heavy atom. The van der Waals surface area contributed by atoms with Crippen LogP contribution in [0.5, 0.6) is 0 Å². The van der Waals surface area contributed by atoms with Crippen molar-refractivity contribution < 1.29 is 4.42 Å². The molecule has 0 fully saturated rings. The van der Waals surface area contributed by atoms with E-state index < -0.39 is 7.92 Å². The third kappa shape index (κ3) is 4.34. The van der Waals surface area contributed by atoms with Gasteiger partial charge in [0.2, 0.25) is 0 Å². The first-order valence-corrected chi connectivity index (χ1v) is 15.2. The summed E-state index contributed by atoms with van der Waals surface area (Å²) in [5, 5.41) is 24.2. The maximum absolute atomic E-state index is 9.92. The van der Waals surface area contributed by atoms with Gasteiger partial charge in [-0.3, -0.25) is 0 Å². The van der Waals surface area contributed by atoms with Gasteiger partial charge in [0, 0.05) is 28.2 Å². The summed E-state index contributed by atoms with van der Waals surface area (Å²) in [4.78, 5) is 0. The van der Waals surface area contributed by atoms with Gasteiger partial charge in [-0.05, 0) is 60.5 Å². The topological polar surface area (TPSA) is 60.7 Å². The van der Waals surface area contributed by atoms with Gasteiger partial charge in [-0.1, -0.05) is 98.8 Å². The third-order valence-electron chi connectivity index (χ3n) is 7.78. The molecule has 3 nitrogen and oxygen atoms in total. The lowest BCUT2D eigenvalue weighted by molar-refractivity contribution is 0.670. The van der Waals surface area contributed by atoms with Crippen LogP contribution in [0.4, 0.5) is 0 Å². The van der Waals surface area contributed by atoms with Crippen molar-refractivity contribution in [2.45, 2.75) is 38.8 Å². The molecule has 4 aromatic rings. The lowest BCUT2D eigenvalue weighted by Gasteiger charge is -2.26. The van der Waals surface area contributed by atoms with Crippen molar-refractivity contribution in [2.24, 2.45) is 0 Å². The van der Waals surface area contributed by atoms with Crippen LogP contribution in [-0.2, 0) is 6.42 Å². The largest absolute Gasteiger partial charge is 0.454 e. The molecule has 0 amide bonds. The third-order valence-corrected chi connectivity index (χ3v) is 10.6. The van der Waals surface area contributed by atoms with Crippen molar-refractivity contribution in [3.63, 3.8) is 0 Å². The number of furan rings is 1. The predicted molar refractivity (Wildman–Crippen MR) is 167 cm³/mol. The second-order valence-electron chi connectivity index (χ2n) is 10.1. The summed E-state index contributed by atoms with van der Waals surface area (Å²) < 4.78 is 6.55. The molecule has 0 saturated heterocycles. The van der Waals surface area contributed by atoms with Crippen molar-refractivity contribution in [1.82, 2.24) is 0 Å².